The first-order chi connectivity index (χ1) is 15.7. The number of aromatic nitrogens is 2. The van der Waals surface area contributed by atoms with Crippen LogP contribution in [0.3, 0.4) is 0 Å². The van der Waals surface area contributed by atoms with Crippen LogP contribution >= 0.6 is 0 Å². The van der Waals surface area contributed by atoms with E-state index in [0.717, 1.165) is 73.2 Å². The van der Waals surface area contributed by atoms with Gasteiger partial charge in [0.25, 0.3) is 5.91 Å². The lowest BCUT2D eigenvalue weighted by atomic mass is 10.1. The summed E-state index contributed by atoms with van der Waals surface area (Å²) in [6, 6.07) is 16.1. The number of nitrogens with zero attached hydrogens (tertiary/aromatic N) is 3. The number of piperazine rings is 1. The second-order valence-electron chi connectivity index (χ2n) is 7.90. The van der Waals surface area contributed by atoms with Crippen molar-refractivity contribution in [1.82, 2.24) is 20.2 Å². The van der Waals surface area contributed by atoms with Crippen molar-refractivity contribution < 1.29 is 4.79 Å². The van der Waals surface area contributed by atoms with Gasteiger partial charge in [-0.3, -0.25) is 9.78 Å². The van der Waals surface area contributed by atoms with Crippen LogP contribution in [0.2, 0.25) is 0 Å². The highest BCUT2D eigenvalue weighted by Gasteiger charge is 2.13. The molecule has 6 nitrogen and oxygen atoms in total. The molecule has 166 valence electrons. The highest BCUT2D eigenvalue weighted by Crippen LogP contribution is 2.24. The van der Waals surface area contributed by atoms with Crippen molar-refractivity contribution in [2.75, 3.05) is 44.2 Å². The molecular weight excluding hydrogens is 398 g/mol. The predicted octanol–water partition coefficient (Wildman–Crippen LogP) is 4.14. The number of aromatic amines is 1. The number of amides is 1. The zero-order valence-corrected chi connectivity index (χ0v) is 18.8. The molecular formula is C26H31N5O. The molecule has 1 aliphatic heterocycles. The molecule has 2 N–H and O–H groups in total. The van der Waals surface area contributed by atoms with E-state index in [1.54, 1.807) is 0 Å². The third-order valence-corrected chi connectivity index (χ3v) is 5.88. The molecule has 0 bridgehead atoms. The average molecular weight is 430 g/mol. The van der Waals surface area contributed by atoms with E-state index in [1.807, 2.05) is 67.4 Å². The van der Waals surface area contributed by atoms with Crippen LogP contribution in [0.4, 0.5) is 5.82 Å². The molecule has 4 rings (SSSR count). The summed E-state index contributed by atoms with van der Waals surface area (Å²) in [4.78, 5) is 24.7. The largest absolute Gasteiger partial charge is 0.356 e. The summed E-state index contributed by atoms with van der Waals surface area (Å²) in [5.41, 5.74) is 4.85. The Hall–Kier alpha value is -3.38. The van der Waals surface area contributed by atoms with Crippen molar-refractivity contribution >= 4 is 23.9 Å². The molecule has 0 radical (unpaired) electrons. The molecule has 0 spiro atoms. The maximum absolute atomic E-state index is 12.5. The summed E-state index contributed by atoms with van der Waals surface area (Å²) in [5.74, 6) is 1.24. The Morgan fingerprint density at radius 2 is 1.78 bits per heavy atom. The summed E-state index contributed by atoms with van der Waals surface area (Å²) in [6.07, 6.45) is 5.87. The number of carbonyl (C=O) groups excluding carboxylic acids is 1. The zero-order valence-electron chi connectivity index (χ0n) is 18.8. The predicted molar refractivity (Wildman–Crippen MR) is 132 cm³/mol. The van der Waals surface area contributed by atoms with Crippen LogP contribution in [-0.2, 0) is 0 Å². The van der Waals surface area contributed by atoms with Crippen molar-refractivity contribution in [3.63, 3.8) is 0 Å². The van der Waals surface area contributed by atoms with E-state index < -0.39 is 0 Å². The zero-order chi connectivity index (χ0) is 22.3. The van der Waals surface area contributed by atoms with E-state index in [2.05, 4.69) is 38.4 Å². The molecule has 0 saturated carbocycles. The van der Waals surface area contributed by atoms with Crippen LogP contribution in [0.25, 0.3) is 23.4 Å². The van der Waals surface area contributed by atoms with Gasteiger partial charge in [-0.05, 0) is 61.9 Å². The van der Waals surface area contributed by atoms with E-state index in [9.17, 15) is 4.79 Å². The lowest BCUT2D eigenvalue weighted by Gasteiger charge is -2.28. The van der Waals surface area contributed by atoms with Crippen LogP contribution in [-0.4, -0.2) is 60.0 Å². The first kappa shape index (κ1) is 21.8. The average Bonchev–Trinajstić information content (AvgIpc) is 3.35. The number of pyridine rings is 1. The fraction of sp³-hybridized carbons (Fsp3) is 0.308. The minimum Gasteiger partial charge on any atom is -0.356 e. The van der Waals surface area contributed by atoms with E-state index >= 15 is 0 Å². The van der Waals surface area contributed by atoms with Crippen molar-refractivity contribution in [2.45, 2.75) is 13.8 Å². The highest BCUT2D eigenvalue weighted by atomic mass is 16.2. The Balaban J connectivity index is 1.45. The second kappa shape index (κ2) is 10.3. The van der Waals surface area contributed by atoms with E-state index in [-0.39, 0.29) is 5.91 Å². The molecule has 1 aliphatic rings. The molecule has 1 saturated heterocycles. The number of carbonyl (C=O) groups is 1. The lowest BCUT2D eigenvalue weighted by Crippen LogP contribution is -2.43. The van der Waals surface area contributed by atoms with E-state index in [0.29, 0.717) is 0 Å². The molecule has 1 aromatic carbocycles. The molecule has 2 aromatic heterocycles. The molecule has 3 heterocycles. The van der Waals surface area contributed by atoms with Crippen molar-refractivity contribution in [3.05, 3.63) is 71.5 Å². The van der Waals surface area contributed by atoms with Gasteiger partial charge in [0.05, 0.1) is 5.69 Å². The molecule has 0 unspecified atom stereocenters. The van der Waals surface area contributed by atoms with Crippen molar-refractivity contribution in [1.29, 1.82) is 0 Å². The Kier molecular flexibility index (Phi) is 7.02. The van der Waals surface area contributed by atoms with Crippen molar-refractivity contribution in [2.24, 2.45) is 0 Å². The van der Waals surface area contributed by atoms with Crippen LogP contribution in [0, 0.1) is 0 Å². The summed E-state index contributed by atoms with van der Waals surface area (Å²) in [7, 11) is 0. The SMILES string of the molecule is CCN(CC)C(=O)c1ccc(C=Cc2cc(-c3ccc(N4CCNCC4)[nH]3)ccn2)cc1. The first-order valence-electron chi connectivity index (χ1n) is 11.4. The van der Waals surface area contributed by atoms with Crippen LogP contribution in [0.15, 0.2) is 54.7 Å². The molecule has 3 aromatic rings. The number of nitrogens with one attached hydrogen (secondary N) is 2. The van der Waals surface area contributed by atoms with Gasteiger partial charge in [0.2, 0.25) is 0 Å². The first-order valence-corrected chi connectivity index (χ1v) is 11.4. The fourth-order valence-electron chi connectivity index (χ4n) is 3.96. The van der Waals surface area contributed by atoms with Gasteiger partial charge in [-0.15, -0.1) is 0 Å². The standard InChI is InChI=1S/C26H31N5O/c1-3-30(4-2)26(32)21-8-5-20(6-9-21)7-10-23-19-22(13-14-28-23)24-11-12-25(29-24)31-17-15-27-16-18-31/h5-14,19,27,29H,3-4,15-18H2,1-2H3. The van der Waals surface area contributed by atoms with Gasteiger partial charge < -0.3 is 20.1 Å². The van der Waals surface area contributed by atoms with Gasteiger partial charge >= 0.3 is 0 Å². The lowest BCUT2D eigenvalue weighted by molar-refractivity contribution is 0.0773. The number of benzene rings is 1. The molecule has 1 fully saturated rings. The topological polar surface area (TPSA) is 64.3 Å². The summed E-state index contributed by atoms with van der Waals surface area (Å²) >= 11 is 0. The Morgan fingerprint density at radius 1 is 1.03 bits per heavy atom. The molecule has 0 atom stereocenters. The van der Waals surface area contributed by atoms with Gasteiger partial charge in [0, 0.05) is 62.3 Å². The number of hydrogen-bond donors (Lipinski definition) is 2. The Morgan fingerprint density at radius 3 is 2.50 bits per heavy atom. The van der Waals surface area contributed by atoms with Gasteiger partial charge in [-0.1, -0.05) is 18.2 Å². The monoisotopic (exact) mass is 429 g/mol. The quantitative estimate of drug-likeness (QED) is 0.593. The maximum Gasteiger partial charge on any atom is 0.253 e. The van der Waals surface area contributed by atoms with Crippen molar-refractivity contribution in [3.8, 4) is 11.3 Å². The molecule has 1 amide bonds. The summed E-state index contributed by atoms with van der Waals surface area (Å²) in [5, 5.41) is 3.39. The fourth-order valence-corrected chi connectivity index (χ4v) is 3.96. The smallest absolute Gasteiger partial charge is 0.253 e. The van der Waals surface area contributed by atoms with Gasteiger partial charge in [-0.2, -0.15) is 0 Å². The Bertz CT molecular complexity index is 1060. The third kappa shape index (κ3) is 5.08. The van der Waals surface area contributed by atoms with Crippen LogP contribution in [0.5, 0.6) is 0 Å². The highest BCUT2D eigenvalue weighted by molar-refractivity contribution is 5.94. The van der Waals surface area contributed by atoms with E-state index in [4.69, 9.17) is 0 Å². The van der Waals surface area contributed by atoms with Crippen LogP contribution in [0.1, 0.15) is 35.5 Å². The third-order valence-electron chi connectivity index (χ3n) is 5.88. The number of hydrogen-bond acceptors (Lipinski definition) is 4. The van der Waals surface area contributed by atoms with Gasteiger partial charge in [0.1, 0.15) is 5.82 Å². The Labute approximate surface area is 190 Å². The summed E-state index contributed by atoms with van der Waals surface area (Å²) < 4.78 is 0. The van der Waals surface area contributed by atoms with Gasteiger partial charge in [-0.25, -0.2) is 0 Å². The van der Waals surface area contributed by atoms with Gasteiger partial charge in [0.15, 0.2) is 0 Å². The van der Waals surface area contributed by atoms with Crippen LogP contribution < -0.4 is 10.2 Å². The molecule has 6 heteroatoms. The normalized spacial score (nSPS) is 14.1. The summed E-state index contributed by atoms with van der Waals surface area (Å²) in [6.45, 7) is 9.50. The minimum atomic E-state index is 0.0750. The van der Waals surface area contributed by atoms with E-state index in [1.165, 1.54) is 0 Å². The number of anilines is 1. The number of H-pyrrole nitrogens is 1. The molecule has 0 aliphatic carbocycles. The minimum absolute atomic E-state index is 0.0750. The second-order valence-corrected chi connectivity index (χ2v) is 7.90. The maximum atomic E-state index is 12.5. The number of rotatable bonds is 7. The molecule has 32 heavy (non-hydrogen) atoms.